The Kier molecular flexibility index (Phi) is 71.6. The average Bonchev–Trinajstić information content (AvgIpc) is 3.50. The number of aliphatic hydroxyl groups is 2. The van der Waals surface area contributed by atoms with E-state index in [9.17, 15) is 15.0 Å². The van der Waals surface area contributed by atoms with E-state index in [1.165, 1.54) is 340 Å². The molecule has 1 amide bonds. The number of rotatable bonds is 70. The van der Waals surface area contributed by atoms with E-state index in [4.69, 9.17) is 0 Å². The van der Waals surface area contributed by atoms with Gasteiger partial charge >= 0.3 is 0 Å². The van der Waals surface area contributed by atoms with Crippen LogP contribution in [-0.2, 0) is 4.79 Å². The van der Waals surface area contributed by atoms with Crippen LogP contribution in [0.4, 0.5) is 0 Å². The molecule has 0 aliphatic carbocycles. The molecule has 0 spiro atoms. The van der Waals surface area contributed by atoms with E-state index in [2.05, 4.69) is 67.8 Å². The topological polar surface area (TPSA) is 69.6 Å². The van der Waals surface area contributed by atoms with Crippen molar-refractivity contribution in [3.05, 3.63) is 60.8 Å². The molecule has 0 saturated carbocycles. The summed E-state index contributed by atoms with van der Waals surface area (Å²) < 4.78 is 0. The summed E-state index contributed by atoms with van der Waals surface area (Å²) in [4.78, 5) is 12.6. The molecule has 482 valence electrons. The SMILES string of the molecule is CC/C=C\C/C=C\C/C=C\C/C=C\CCCCCCCCCCCCCCCCCCCCCCCCCCCCCCC(=O)NC(CO)C(O)/C=C/CCCCCCCCCCCCCCCCCCCCCCCCCCCCC. The highest BCUT2D eigenvalue weighted by molar-refractivity contribution is 5.76. The van der Waals surface area contributed by atoms with Crippen LogP contribution in [0.25, 0.3) is 0 Å². The lowest BCUT2D eigenvalue weighted by Crippen LogP contribution is -2.45. The fourth-order valence-electron chi connectivity index (χ4n) is 11.9. The Morgan fingerprint density at radius 2 is 0.537 bits per heavy atom. The molecule has 0 aromatic carbocycles. The summed E-state index contributed by atoms with van der Waals surface area (Å²) in [7, 11) is 0. The fourth-order valence-corrected chi connectivity index (χ4v) is 11.9. The van der Waals surface area contributed by atoms with Crippen molar-refractivity contribution in [3.63, 3.8) is 0 Å². The van der Waals surface area contributed by atoms with Gasteiger partial charge in [0.05, 0.1) is 18.8 Å². The first-order valence-corrected chi connectivity index (χ1v) is 37.5. The monoisotopic (exact) mass is 1150 g/mol. The molecule has 0 aromatic rings. The van der Waals surface area contributed by atoms with Crippen molar-refractivity contribution in [1.29, 1.82) is 0 Å². The molecule has 4 heteroatoms. The van der Waals surface area contributed by atoms with Crippen LogP contribution < -0.4 is 5.32 Å². The zero-order valence-corrected chi connectivity index (χ0v) is 55.8. The maximum Gasteiger partial charge on any atom is 0.220 e. The predicted molar refractivity (Wildman–Crippen MR) is 368 cm³/mol. The number of aliphatic hydroxyl groups excluding tert-OH is 2. The van der Waals surface area contributed by atoms with Gasteiger partial charge in [-0.05, 0) is 57.8 Å². The molecule has 2 unspecified atom stereocenters. The normalized spacial score (nSPS) is 13.0. The summed E-state index contributed by atoms with van der Waals surface area (Å²) in [5, 5.41) is 23.3. The minimum Gasteiger partial charge on any atom is -0.394 e. The number of allylic oxidation sites excluding steroid dienone is 9. The van der Waals surface area contributed by atoms with Crippen molar-refractivity contribution in [2.24, 2.45) is 0 Å². The predicted octanol–water partition coefficient (Wildman–Crippen LogP) is 25.8. The van der Waals surface area contributed by atoms with Gasteiger partial charge in [0.15, 0.2) is 0 Å². The Hall–Kier alpha value is -1.91. The van der Waals surface area contributed by atoms with Crippen LogP contribution in [0.3, 0.4) is 0 Å². The zero-order valence-electron chi connectivity index (χ0n) is 55.8. The van der Waals surface area contributed by atoms with E-state index >= 15 is 0 Å². The van der Waals surface area contributed by atoms with Crippen LogP contribution in [0.5, 0.6) is 0 Å². The van der Waals surface area contributed by atoms with Gasteiger partial charge in [0.2, 0.25) is 5.91 Å². The van der Waals surface area contributed by atoms with Crippen molar-refractivity contribution in [3.8, 4) is 0 Å². The van der Waals surface area contributed by atoms with Gasteiger partial charge in [-0.2, -0.15) is 0 Å². The van der Waals surface area contributed by atoms with Crippen molar-refractivity contribution < 1.29 is 15.0 Å². The number of unbranched alkanes of at least 4 members (excludes halogenated alkanes) is 55. The van der Waals surface area contributed by atoms with Crippen molar-refractivity contribution in [2.75, 3.05) is 6.61 Å². The maximum atomic E-state index is 12.6. The maximum absolute atomic E-state index is 12.6. The summed E-state index contributed by atoms with van der Waals surface area (Å²) in [6.45, 7) is 4.24. The van der Waals surface area contributed by atoms with Crippen LogP contribution in [0.1, 0.15) is 412 Å². The zero-order chi connectivity index (χ0) is 59.1. The lowest BCUT2D eigenvalue weighted by atomic mass is 10.0. The van der Waals surface area contributed by atoms with Crippen LogP contribution in [-0.4, -0.2) is 34.9 Å². The number of amides is 1. The smallest absolute Gasteiger partial charge is 0.220 e. The number of hydrogen-bond acceptors (Lipinski definition) is 3. The molecule has 2 atom stereocenters. The first-order chi connectivity index (χ1) is 40.7. The van der Waals surface area contributed by atoms with E-state index < -0.39 is 12.1 Å². The highest BCUT2D eigenvalue weighted by Crippen LogP contribution is 2.20. The third-order valence-corrected chi connectivity index (χ3v) is 17.5. The summed E-state index contributed by atoms with van der Waals surface area (Å²) in [6.07, 6.45) is 105. The molecule has 0 bridgehead atoms. The summed E-state index contributed by atoms with van der Waals surface area (Å²) >= 11 is 0. The molecule has 0 aliphatic rings. The van der Waals surface area contributed by atoms with E-state index in [-0.39, 0.29) is 12.5 Å². The Balaban J connectivity index is 3.39. The van der Waals surface area contributed by atoms with E-state index in [0.717, 1.165) is 51.4 Å². The molecule has 4 nitrogen and oxygen atoms in total. The lowest BCUT2D eigenvalue weighted by Gasteiger charge is -2.20. The standard InChI is InChI=1S/C78H147NO3/c1-3-5-7-9-11-13-15-17-19-21-23-25-27-29-31-33-34-35-36-37-38-39-40-41-42-43-44-46-48-50-52-54-56-58-60-62-64-66-68-70-72-74-78(82)79-76(75-80)77(81)73-71-69-67-65-63-61-59-57-55-53-51-49-47-45-32-30-28-26-24-22-20-18-16-14-12-10-8-6-4-2/h5,7,11,13,17,19,23,25,71,73,76-77,80-81H,3-4,6,8-10,12,14-16,18,20-22,24,26-70,72,74-75H2,1-2H3,(H,79,82)/b7-5-,13-11-,19-17-,25-23-,73-71+. The molecule has 82 heavy (non-hydrogen) atoms. The highest BCUT2D eigenvalue weighted by Gasteiger charge is 2.18. The van der Waals surface area contributed by atoms with Gasteiger partial charge in [-0.25, -0.2) is 0 Å². The fraction of sp³-hybridized carbons (Fsp3) is 0.859. The Morgan fingerprint density at radius 3 is 0.805 bits per heavy atom. The minimum atomic E-state index is -0.840. The molecule has 3 N–H and O–H groups in total. The molecule has 0 aliphatic heterocycles. The quantitative estimate of drug-likeness (QED) is 0.0420. The van der Waals surface area contributed by atoms with Gasteiger partial charge in [-0.1, -0.05) is 408 Å². The van der Waals surface area contributed by atoms with Crippen LogP contribution in [0.15, 0.2) is 60.8 Å². The van der Waals surface area contributed by atoms with E-state index in [1.54, 1.807) is 6.08 Å². The van der Waals surface area contributed by atoms with Gasteiger partial charge in [-0.3, -0.25) is 4.79 Å². The number of carbonyl (C=O) groups is 1. The second-order valence-electron chi connectivity index (χ2n) is 25.7. The molecular formula is C78H147NO3. The molecule has 0 heterocycles. The van der Waals surface area contributed by atoms with Crippen molar-refractivity contribution in [2.45, 2.75) is 424 Å². The first kappa shape index (κ1) is 80.1. The molecule has 0 aromatic heterocycles. The minimum absolute atomic E-state index is 0.0550. The number of nitrogens with one attached hydrogen (secondary N) is 1. The van der Waals surface area contributed by atoms with Crippen LogP contribution in [0.2, 0.25) is 0 Å². The third-order valence-electron chi connectivity index (χ3n) is 17.5. The Morgan fingerprint density at radius 1 is 0.305 bits per heavy atom. The van der Waals surface area contributed by atoms with Gasteiger partial charge in [-0.15, -0.1) is 0 Å². The van der Waals surface area contributed by atoms with Gasteiger partial charge in [0, 0.05) is 6.42 Å². The Labute approximate surface area is 515 Å². The van der Waals surface area contributed by atoms with E-state index in [0.29, 0.717) is 6.42 Å². The number of hydrogen-bond donors (Lipinski definition) is 3. The highest BCUT2D eigenvalue weighted by atomic mass is 16.3. The summed E-state index contributed by atoms with van der Waals surface area (Å²) in [5.41, 5.74) is 0. The molecular weight excluding hydrogens is 999 g/mol. The molecule has 0 radical (unpaired) electrons. The number of carbonyl (C=O) groups excluding carboxylic acids is 1. The van der Waals surface area contributed by atoms with Crippen LogP contribution in [0, 0.1) is 0 Å². The Bertz CT molecular complexity index is 1350. The summed E-state index contributed by atoms with van der Waals surface area (Å²) in [5.74, 6) is -0.0550. The average molecular weight is 1150 g/mol. The third kappa shape index (κ3) is 68.9. The van der Waals surface area contributed by atoms with E-state index in [1.807, 2.05) is 6.08 Å². The molecule has 0 saturated heterocycles. The van der Waals surface area contributed by atoms with Gasteiger partial charge in [0.25, 0.3) is 0 Å². The van der Waals surface area contributed by atoms with Gasteiger partial charge < -0.3 is 15.5 Å². The lowest BCUT2D eigenvalue weighted by molar-refractivity contribution is -0.123. The summed E-state index contributed by atoms with van der Waals surface area (Å²) in [6, 6.07) is -0.623. The van der Waals surface area contributed by atoms with Crippen LogP contribution >= 0.6 is 0 Å². The second kappa shape index (κ2) is 73.3. The second-order valence-corrected chi connectivity index (χ2v) is 25.7. The van der Waals surface area contributed by atoms with Gasteiger partial charge in [0.1, 0.15) is 0 Å². The first-order valence-electron chi connectivity index (χ1n) is 37.5. The van der Waals surface area contributed by atoms with Crippen molar-refractivity contribution >= 4 is 5.91 Å². The molecule has 0 fully saturated rings. The van der Waals surface area contributed by atoms with Crippen molar-refractivity contribution in [1.82, 2.24) is 5.32 Å². The molecule has 0 rings (SSSR count). The largest absolute Gasteiger partial charge is 0.394 e.